The summed E-state index contributed by atoms with van der Waals surface area (Å²) in [5.41, 5.74) is 1.13. The van der Waals surface area contributed by atoms with Gasteiger partial charge >= 0.3 is 5.97 Å². The fraction of sp³-hybridized carbons (Fsp3) is 0.158. The van der Waals surface area contributed by atoms with E-state index in [9.17, 15) is 9.18 Å². The minimum Gasteiger partial charge on any atom is -0.493 e. The molecular weight excluding hydrogens is 393 g/mol. The van der Waals surface area contributed by atoms with Crippen LogP contribution in [0.3, 0.4) is 0 Å². The highest BCUT2D eigenvalue weighted by Gasteiger charge is 2.17. The first kappa shape index (κ1) is 19.1. The molecule has 27 heavy (non-hydrogen) atoms. The van der Waals surface area contributed by atoms with Crippen LogP contribution in [0, 0.1) is 5.82 Å². The fourth-order valence-corrected chi connectivity index (χ4v) is 3.41. The van der Waals surface area contributed by atoms with E-state index < -0.39 is 11.8 Å². The summed E-state index contributed by atoms with van der Waals surface area (Å²) < 4.78 is 29.6. The molecule has 0 radical (unpaired) electrons. The molecule has 2 aromatic carbocycles. The van der Waals surface area contributed by atoms with Gasteiger partial charge in [-0.1, -0.05) is 17.7 Å². The topological polar surface area (TPSA) is 57.7 Å². The van der Waals surface area contributed by atoms with E-state index in [-0.39, 0.29) is 17.2 Å². The van der Waals surface area contributed by atoms with Crippen molar-refractivity contribution in [3.8, 4) is 22.1 Å². The Bertz CT molecular complexity index is 976. The van der Waals surface area contributed by atoms with E-state index >= 15 is 0 Å². The fourth-order valence-electron chi connectivity index (χ4n) is 2.42. The third-order valence-electron chi connectivity index (χ3n) is 3.69. The van der Waals surface area contributed by atoms with Crippen LogP contribution in [-0.2, 0) is 11.3 Å². The number of ether oxygens (including phenoxy) is 3. The molecule has 3 rings (SSSR count). The van der Waals surface area contributed by atoms with Gasteiger partial charge in [0.1, 0.15) is 17.4 Å². The first-order chi connectivity index (χ1) is 13.0. The van der Waals surface area contributed by atoms with Crippen LogP contribution in [0.5, 0.6) is 11.5 Å². The van der Waals surface area contributed by atoms with Gasteiger partial charge in [0, 0.05) is 10.4 Å². The maximum Gasteiger partial charge on any atom is 0.341 e. The Balaban J connectivity index is 1.74. The van der Waals surface area contributed by atoms with Gasteiger partial charge in [-0.15, -0.1) is 11.3 Å². The number of benzene rings is 2. The molecule has 0 aliphatic rings. The van der Waals surface area contributed by atoms with E-state index in [0.29, 0.717) is 22.2 Å². The van der Waals surface area contributed by atoms with Crippen LogP contribution in [0.2, 0.25) is 5.02 Å². The normalized spacial score (nSPS) is 10.5. The van der Waals surface area contributed by atoms with Crippen LogP contribution in [0.25, 0.3) is 10.6 Å². The molecule has 1 aromatic heterocycles. The third kappa shape index (κ3) is 4.20. The monoisotopic (exact) mass is 407 g/mol. The predicted molar refractivity (Wildman–Crippen MR) is 101 cm³/mol. The van der Waals surface area contributed by atoms with Gasteiger partial charge in [0.15, 0.2) is 11.5 Å². The van der Waals surface area contributed by atoms with Crippen molar-refractivity contribution in [2.45, 2.75) is 6.61 Å². The van der Waals surface area contributed by atoms with Crippen LogP contribution in [-0.4, -0.2) is 25.2 Å². The zero-order chi connectivity index (χ0) is 19.4. The molecule has 3 aromatic rings. The Hall–Kier alpha value is -2.64. The van der Waals surface area contributed by atoms with Crippen LogP contribution in [0.4, 0.5) is 4.39 Å². The maximum absolute atomic E-state index is 13.8. The van der Waals surface area contributed by atoms with Gasteiger partial charge in [-0.2, -0.15) is 0 Å². The number of thiazole rings is 1. The largest absolute Gasteiger partial charge is 0.493 e. The number of nitrogens with zero attached hydrogens (tertiary/aromatic N) is 1. The lowest BCUT2D eigenvalue weighted by molar-refractivity contribution is 0.0463. The molecule has 0 aliphatic heterocycles. The Morgan fingerprint density at radius 1 is 1.22 bits per heavy atom. The first-order valence-electron chi connectivity index (χ1n) is 7.81. The molecule has 0 saturated carbocycles. The Morgan fingerprint density at radius 2 is 2.04 bits per heavy atom. The predicted octanol–water partition coefficient (Wildman–Crippen LogP) is 4.98. The minimum atomic E-state index is -0.780. The van der Waals surface area contributed by atoms with Crippen molar-refractivity contribution in [3.05, 3.63) is 63.9 Å². The number of carbonyl (C=O) groups excluding carboxylic acids is 1. The summed E-state index contributed by atoms with van der Waals surface area (Å²) in [5.74, 6) is -0.345. The van der Waals surface area contributed by atoms with Crippen molar-refractivity contribution in [2.24, 2.45) is 0 Å². The molecule has 8 heteroatoms. The number of hydrogen-bond acceptors (Lipinski definition) is 6. The highest BCUT2D eigenvalue weighted by Crippen LogP contribution is 2.39. The van der Waals surface area contributed by atoms with Crippen molar-refractivity contribution in [2.75, 3.05) is 14.2 Å². The van der Waals surface area contributed by atoms with Gasteiger partial charge in [-0.3, -0.25) is 0 Å². The Morgan fingerprint density at radius 3 is 2.74 bits per heavy atom. The average Bonchev–Trinajstić information content (AvgIpc) is 3.14. The molecule has 0 fully saturated rings. The van der Waals surface area contributed by atoms with Crippen molar-refractivity contribution in [3.63, 3.8) is 0 Å². The number of methoxy groups -OCH3 is 2. The lowest BCUT2D eigenvalue weighted by Crippen LogP contribution is -2.07. The van der Waals surface area contributed by atoms with E-state index in [2.05, 4.69) is 4.98 Å². The van der Waals surface area contributed by atoms with Crippen molar-refractivity contribution >= 4 is 28.9 Å². The van der Waals surface area contributed by atoms with Crippen molar-refractivity contribution in [1.82, 2.24) is 4.98 Å². The maximum atomic E-state index is 13.8. The number of carbonyl (C=O) groups is 1. The summed E-state index contributed by atoms with van der Waals surface area (Å²) in [4.78, 5) is 16.5. The van der Waals surface area contributed by atoms with Gasteiger partial charge in [-0.25, -0.2) is 14.2 Å². The number of halogens is 2. The molecule has 140 valence electrons. The second-order valence-electron chi connectivity index (χ2n) is 5.39. The quantitative estimate of drug-likeness (QED) is 0.539. The molecule has 0 unspecified atom stereocenters. The number of aromatic nitrogens is 1. The van der Waals surface area contributed by atoms with Crippen molar-refractivity contribution < 1.29 is 23.4 Å². The average molecular weight is 408 g/mol. The standard InChI is InChI=1S/C19H15ClFNO4S/c1-24-16-5-3-4-14(17(16)25-2)18-22-12(10-27-18)9-26-19(23)13-7-6-11(20)8-15(13)21/h3-8,10H,9H2,1-2H3. The van der Waals surface area contributed by atoms with Gasteiger partial charge in [0.25, 0.3) is 0 Å². The van der Waals surface area contributed by atoms with Gasteiger partial charge < -0.3 is 14.2 Å². The van der Waals surface area contributed by atoms with E-state index in [1.807, 2.05) is 12.1 Å². The van der Waals surface area contributed by atoms with Gasteiger partial charge in [0.05, 0.1) is 31.0 Å². The summed E-state index contributed by atoms with van der Waals surface area (Å²) in [7, 11) is 3.11. The summed E-state index contributed by atoms with van der Waals surface area (Å²) in [6.07, 6.45) is 0. The molecule has 1 heterocycles. The Kier molecular flexibility index (Phi) is 5.93. The lowest BCUT2D eigenvalue weighted by atomic mass is 10.2. The molecule has 0 amide bonds. The lowest BCUT2D eigenvalue weighted by Gasteiger charge is -2.10. The highest BCUT2D eigenvalue weighted by atomic mass is 35.5. The molecule has 5 nitrogen and oxygen atoms in total. The summed E-state index contributed by atoms with van der Waals surface area (Å²) in [6, 6.07) is 9.26. The summed E-state index contributed by atoms with van der Waals surface area (Å²) in [6.45, 7) is -0.0797. The smallest absolute Gasteiger partial charge is 0.341 e. The molecule has 0 N–H and O–H groups in total. The second kappa shape index (κ2) is 8.37. The molecule has 0 saturated heterocycles. The zero-order valence-electron chi connectivity index (χ0n) is 14.5. The SMILES string of the molecule is COc1cccc(-c2nc(COC(=O)c3ccc(Cl)cc3F)cs2)c1OC. The summed E-state index contributed by atoms with van der Waals surface area (Å²) >= 11 is 7.06. The number of hydrogen-bond donors (Lipinski definition) is 0. The third-order valence-corrected chi connectivity index (χ3v) is 4.85. The first-order valence-corrected chi connectivity index (χ1v) is 9.07. The number of esters is 1. The number of para-hydroxylation sites is 1. The van der Waals surface area contributed by atoms with E-state index in [1.165, 1.54) is 23.5 Å². The van der Waals surface area contributed by atoms with Crippen LogP contribution >= 0.6 is 22.9 Å². The van der Waals surface area contributed by atoms with E-state index in [1.54, 1.807) is 25.7 Å². The van der Waals surface area contributed by atoms with Crippen molar-refractivity contribution in [1.29, 1.82) is 0 Å². The van der Waals surface area contributed by atoms with Crippen LogP contribution in [0.1, 0.15) is 16.1 Å². The molecule has 0 bridgehead atoms. The van der Waals surface area contributed by atoms with E-state index in [4.69, 9.17) is 25.8 Å². The van der Waals surface area contributed by atoms with Gasteiger partial charge in [0.2, 0.25) is 0 Å². The minimum absolute atomic E-state index is 0.0797. The van der Waals surface area contributed by atoms with Crippen LogP contribution < -0.4 is 9.47 Å². The Labute approximate surface area is 164 Å². The molecule has 0 spiro atoms. The highest BCUT2D eigenvalue weighted by molar-refractivity contribution is 7.13. The molecule has 0 atom stereocenters. The van der Waals surface area contributed by atoms with Crippen LogP contribution in [0.15, 0.2) is 41.8 Å². The second-order valence-corrected chi connectivity index (χ2v) is 6.68. The van der Waals surface area contributed by atoms with Gasteiger partial charge in [-0.05, 0) is 30.3 Å². The zero-order valence-corrected chi connectivity index (χ0v) is 16.1. The molecule has 0 aliphatic carbocycles. The van der Waals surface area contributed by atoms with E-state index in [0.717, 1.165) is 11.6 Å². The summed E-state index contributed by atoms with van der Waals surface area (Å²) in [5, 5.41) is 2.66. The molecular formula is C19H15ClFNO4S. The number of rotatable bonds is 6.